The summed E-state index contributed by atoms with van der Waals surface area (Å²) in [6.07, 6.45) is 1.33. The largest absolute Gasteiger partial charge is 0.203 e. The van der Waals surface area contributed by atoms with Gasteiger partial charge in [-0.25, -0.2) is 0 Å². The maximum Gasteiger partial charge on any atom is 0.203 e. The monoisotopic (exact) mass is 230 g/mol. The molecule has 0 amide bonds. The lowest BCUT2D eigenvalue weighted by Crippen LogP contribution is -2.37. The molecule has 1 aromatic carbocycles. The minimum Gasteiger partial charge on any atom is -0.135 e. The molecule has 4 nitrogen and oxygen atoms in total. The van der Waals surface area contributed by atoms with Crippen molar-refractivity contribution in [1.29, 1.82) is 0 Å². The summed E-state index contributed by atoms with van der Waals surface area (Å²) in [6, 6.07) is 8.37. The van der Waals surface area contributed by atoms with Gasteiger partial charge in [0.1, 0.15) is 0 Å². The van der Waals surface area contributed by atoms with Gasteiger partial charge in [0.15, 0.2) is 6.33 Å². The Bertz CT molecular complexity index is 462. The first kappa shape index (κ1) is 10.9. The smallest absolute Gasteiger partial charge is 0.135 e. The van der Waals surface area contributed by atoms with Crippen molar-refractivity contribution >= 4 is 13.3 Å². The Hall–Kier alpha value is -1.62. The lowest BCUT2D eigenvalue weighted by atomic mass is 10.2. The molecule has 2 aromatic rings. The molecule has 5 heteroatoms. The maximum absolute atomic E-state index is 3.93. The van der Waals surface area contributed by atoms with Crippen molar-refractivity contribution in [3.63, 3.8) is 0 Å². The van der Waals surface area contributed by atoms with Gasteiger partial charge >= 0.3 is 0 Å². The van der Waals surface area contributed by atoms with E-state index >= 15 is 0 Å². The Morgan fingerprint density at radius 2 is 1.44 bits per heavy atom. The Labute approximate surface area is 95.8 Å². The molecule has 0 saturated heterocycles. The number of hydrogen-bond acceptors (Lipinski definition) is 4. The minimum absolute atomic E-state index is 0.574. The van der Waals surface area contributed by atoms with Crippen LogP contribution in [-0.4, -0.2) is 28.5 Å². The van der Waals surface area contributed by atoms with Crippen molar-refractivity contribution in [2.45, 2.75) is 19.6 Å². The van der Waals surface area contributed by atoms with Gasteiger partial charge in [0.05, 0.1) is 8.07 Å². The number of aromatic nitrogens is 4. The summed E-state index contributed by atoms with van der Waals surface area (Å²) in [5.74, 6) is 0.574. The lowest BCUT2D eigenvalue weighted by molar-refractivity contribution is 0.864. The fourth-order valence-electron chi connectivity index (χ4n) is 1.44. The van der Waals surface area contributed by atoms with Crippen LogP contribution in [0.25, 0.3) is 11.4 Å². The van der Waals surface area contributed by atoms with Gasteiger partial charge in [-0.1, -0.05) is 49.1 Å². The van der Waals surface area contributed by atoms with Crippen molar-refractivity contribution in [2.24, 2.45) is 0 Å². The molecular weight excluding hydrogens is 216 g/mol. The Balaban J connectivity index is 2.34. The fraction of sp³-hybridized carbons (Fsp3) is 0.273. The molecule has 0 bridgehead atoms. The first-order valence-electron chi connectivity index (χ1n) is 5.18. The minimum atomic E-state index is -1.23. The second-order valence-electron chi connectivity index (χ2n) is 4.70. The topological polar surface area (TPSA) is 51.6 Å². The molecule has 0 aliphatic heterocycles. The third-order valence-electron chi connectivity index (χ3n) is 2.42. The van der Waals surface area contributed by atoms with E-state index in [2.05, 4.69) is 52.2 Å². The molecule has 0 fully saturated rings. The zero-order valence-electron chi connectivity index (χ0n) is 9.68. The summed E-state index contributed by atoms with van der Waals surface area (Å²) in [4.78, 5) is 0. The summed E-state index contributed by atoms with van der Waals surface area (Å²) >= 11 is 0. The summed E-state index contributed by atoms with van der Waals surface area (Å²) in [5, 5.41) is 16.7. The number of rotatable bonds is 2. The zero-order valence-corrected chi connectivity index (χ0v) is 10.7. The van der Waals surface area contributed by atoms with Crippen LogP contribution < -0.4 is 5.19 Å². The van der Waals surface area contributed by atoms with Gasteiger partial charge < -0.3 is 0 Å². The molecule has 1 heterocycles. The molecule has 2 rings (SSSR count). The molecule has 0 spiro atoms. The van der Waals surface area contributed by atoms with Crippen molar-refractivity contribution in [2.75, 3.05) is 0 Å². The second kappa shape index (κ2) is 4.09. The number of benzene rings is 1. The van der Waals surface area contributed by atoms with E-state index in [0.717, 1.165) is 5.56 Å². The van der Waals surface area contributed by atoms with Crippen molar-refractivity contribution in [3.8, 4) is 11.4 Å². The first-order valence-corrected chi connectivity index (χ1v) is 8.68. The SMILES string of the molecule is C[Si](C)(C)c1ccc(-c2nncnn2)cc1. The average molecular weight is 230 g/mol. The highest BCUT2D eigenvalue weighted by molar-refractivity contribution is 6.88. The van der Waals surface area contributed by atoms with Crippen LogP contribution in [0.3, 0.4) is 0 Å². The van der Waals surface area contributed by atoms with Crippen LogP contribution in [0, 0.1) is 0 Å². The van der Waals surface area contributed by atoms with Crippen LogP contribution in [-0.2, 0) is 0 Å². The van der Waals surface area contributed by atoms with Gasteiger partial charge in [-0.05, 0) is 0 Å². The van der Waals surface area contributed by atoms with Crippen LogP contribution in [0.15, 0.2) is 30.6 Å². The second-order valence-corrected chi connectivity index (χ2v) is 9.77. The predicted octanol–water partition coefficient (Wildman–Crippen LogP) is 1.48. The van der Waals surface area contributed by atoms with E-state index in [1.807, 2.05) is 12.1 Å². The van der Waals surface area contributed by atoms with Gasteiger partial charge in [-0.3, -0.25) is 0 Å². The molecule has 82 valence electrons. The van der Waals surface area contributed by atoms with E-state index in [4.69, 9.17) is 0 Å². The molecule has 0 aliphatic rings. The number of nitrogens with zero attached hydrogens (tertiary/aromatic N) is 4. The van der Waals surface area contributed by atoms with Gasteiger partial charge in [-0.15, -0.1) is 20.4 Å². The van der Waals surface area contributed by atoms with E-state index < -0.39 is 8.07 Å². The van der Waals surface area contributed by atoms with E-state index in [1.54, 1.807) is 0 Å². The molecule has 1 aromatic heterocycles. The van der Waals surface area contributed by atoms with Gasteiger partial charge in [-0.2, -0.15) is 0 Å². The molecule has 0 saturated carbocycles. The molecule has 16 heavy (non-hydrogen) atoms. The van der Waals surface area contributed by atoms with Gasteiger partial charge in [0.2, 0.25) is 5.82 Å². The third-order valence-corrected chi connectivity index (χ3v) is 4.48. The van der Waals surface area contributed by atoms with Gasteiger partial charge in [0.25, 0.3) is 0 Å². The van der Waals surface area contributed by atoms with E-state index in [-0.39, 0.29) is 0 Å². The van der Waals surface area contributed by atoms with Gasteiger partial charge in [0, 0.05) is 5.56 Å². The van der Waals surface area contributed by atoms with Crippen molar-refractivity contribution < 1.29 is 0 Å². The molecule has 0 unspecified atom stereocenters. The molecule has 0 radical (unpaired) electrons. The highest BCUT2D eigenvalue weighted by Crippen LogP contribution is 2.12. The highest BCUT2D eigenvalue weighted by atomic mass is 28.3. The van der Waals surface area contributed by atoms with E-state index in [9.17, 15) is 0 Å². The van der Waals surface area contributed by atoms with E-state index in [1.165, 1.54) is 11.5 Å². The normalized spacial score (nSPS) is 11.4. The lowest BCUT2D eigenvalue weighted by Gasteiger charge is -2.16. The summed E-state index contributed by atoms with van der Waals surface area (Å²) in [6.45, 7) is 6.97. The highest BCUT2D eigenvalue weighted by Gasteiger charge is 2.15. The molecule has 0 aliphatic carbocycles. The molecule has 0 atom stereocenters. The van der Waals surface area contributed by atoms with Crippen molar-refractivity contribution in [1.82, 2.24) is 20.4 Å². The van der Waals surface area contributed by atoms with Crippen LogP contribution in [0.4, 0.5) is 0 Å². The maximum atomic E-state index is 3.93. The summed E-state index contributed by atoms with van der Waals surface area (Å²) in [5.41, 5.74) is 0.961. The zero-order chi connectivity index (χ0) is 11.6. The quantitative estimate of drug-likeness (QED) is 0.733. The van der Waals surface area contributed by atoms with Crippen LogP contribution in [0.5, 0.6) is 0 Å². The Kier molecular flexibility index (Phi) is 2.78. The molecule has 0 N–H and O–H groups in total. The van der Waals surface area contributed by atoms with Crippen LogP contribution in [0.1, 0.15) is 0 Å². The van der Waals surface area contributed by atoms with E-state index in [0.29, 0.717) is 5.82 Å². The van der Waals surface area contributed by atoms with Crippen LogP contribution >= 0.6 is 0 Å². The standard InChI is InChI=1S/C11H14N4Si/c1-16(2,3)10-6-4-9(5-7-10)11-14-12-8-13-15-11/h4-8H,1-3H3. The Morgan fingerprint density at radius 1 is 0.875 bits per heavy atom. The van der Waals surface area contributed by atoms with Crippen LogP contribution in [0.2, 0.25) is 19.6 Å². The first-order chi connectivity index (χ1) is 7.57. The molecular formula is C11H14N4Si. The van der Waals surface area contributed by atoms with Crippen molar-refractivity contribution in [3.05, 3.63) is 30.6 Å². The average Bonchev–Trinajstić information content (AvgIpc) is 2.29. The fourth-order valence-corrected chi connectivity index (χ4v) is 2.61. The Morgan fingerprint density at radius 3 is 1.94 bits per heavy atom. The third kappa shape index (κ3) is 2.30. The predicted molar refractivity (Wildman–Crippen MR) is 66.0 cm³/mol. The summed E-state index contributed by atoms with van der Waals surface area (Å²) < 4.78 is 0. The summed E-state index contributed by atoms with van der Waals surface area (Å²) in [7, 11) is -1.23. The number of hydrogen-bond donors (Lipinski definition) is 0.